The minimum absolute atomic E-state index is 0.177. The van der Waals surface area contributed by atoms with Gasteiger partial charge in [0.25, 0.3) is 0 Å². The standard InChI is InChI=1S/C40H56O6/c1-3-5-6-14-17-32-19-27-36(28-20-32)45-39(42)34-23-25-35(26-24-34)40(43)46-37-29-21-33(22-30-37)18-15-12-10-8-7-9-11-13-16-31-44-38(41)4-2/h4,19-22,27-30,34-35H,2-3,5-18,23-26,31H2,1H3/t34-,35-. The number of carbonyl (C=O) groups excluding carboxylic acids is 3. The zero-order valence-corrected chi connectivity index (χ0v) is 28.1. The number of hydrogen-bond donors (Lipinski definition) is 0. The first kappa shape index (κ1) is 37.1. The molecule has 1 saturated carbocycles. The normalized spacial score (nSPS) is 16.0. The molecule has 0 aliphatic heterocycles. The highest BCUT2D eigenvalue weighted by atomic mass is 16.5. The minimum Gasteiger partial charge on any atom is -0.463 e. The molecule has 0 saturated heterocycles. The number of carbonyl (C=O) groups is 3. The maximum absolute atomic E-state index is 12.8. The number of esters is 3. The second kappa shape index (κ2) is 22.2. The second-order valence-corrected chi connectivity index (χ2v) is 12.8. The summed E-state index contributed by atoms with van der Waals surface area (Å²) in [6.45, 7) is 6.10. The largest absolute Gasteiger partial charge is 0.463 e. The van der Waals surface area contributed by atoms with E-state index in [1.165, 1.54) is 81.4 Å². The van der Waals surface area contributed by atoms with Gasteiger partial charge >= 0.3 is 17.9 Å². The molecule has 0 radical (unpaired) electrons. The van der Waals surface area contributed by atoms with Crippen LogP contribution in [0.1, 0.15) is 127 Å². The van der Waals surface area contributed by atoms with Gasteiger partial charge in [0.2, 0.25) is 0 Å². The molecule has 0 amide bonds. The van der Waals surface area contributed by atoms with E-state index in [4.69, 9.17) is 14.2 Å². The van der Waals surface area contributed by atoms with Crippen molar-refractivity contribution in [1.82, 2.24) is 0 Å². The van der Waals surface area contributed by atoms with Gasteiger partial charge in [-0.15, -0.1) is 0 Å². The van der Waals surface area contributed by atoms with E-state index in [1.54, 1.807) is 0 Å². The van der Waals surface area contributed by atoms with E-state index < -0.39 is 0 Å². The van der Waals surface area contributed by atoms with Crippen molar-refractivity contribution in [3.05, 3.63) is 72.3 Å². The Labute approximate surface area is 277 Å². The topological polar surface area (TPSA) is 78.9 Å². The summed E-state index contributed by atoms with van der Waals surface area (Å²) in [5.74, 6) is 0.0822. The molecule has 6 heteroatoms. The molecule has 6 nitrogen and oxygen atoms in total. The fraction of sp³-hybridized carbons (Fsp3) is 0.575. The fourth-order valence-electron chi connectivity index (χ4n) is 6.07. The molecular weight excluding hydrogens is 576 g/mol. The second-order valence-electron chi connectivity index (χ2n) is 12.8. The van der Waals surface area contributed by atoms with Crippen LogP contribution in [0.25, 0.3) is 0 Å². The van der Waals surface area contributed by atoms with Crippen LogP contribution in [0.2, 0.25) is 0 Å². The molecule has 0 aromatic heterocycles. The van der Waals surface area contributed by atoms with Gasteiger partial charge in [-0.25, -0.2) is 4.79 Å². The summed E-state index contributed by atoms with van der Waals surface area (Å²) in [4.78, 5) is 36.6. The molecule has 0 atom stereocenters. The zero-order valence-electron chi connectivity index (χ0n) is 28.1. The summed E-state index contributed by atoms with van der Waals surface area (Å²) < 4.78 is 16.4. The molecule has 1 fully saturated rings. The third kappa shape index (κ3) is 14.8. The summed E-state index contributed by atoms with van der Waals surface area (Å²) in [6, 6.07) is 15.8. The van der Waals surface area contributed by atoms with Crippen molar-refractivity contribution in [2.24, 2.45) is 11.8 Å². The van der Waals surface area contributed by atoms with Crippen molar-refractivity contribution < 1.29 is 28.6 Å². The van der Waals surface area contributed by atoms with E-state index in [2.05, 4.69) is 37.8 Å². The molecular formula is C40H56O6. The molecule has 2 aromatic rings. The quantitative estimate of drug-likeness (QED) is 0.0556. The van der Waals surface area contributed by atoms with E-state index in [9.17, 15) is 14.4 Å². The van der Waals surface area contributed by atoms with Gasteiger partial charge in [-0.05, 0) is 93.2 Å². The van der Waals surface area contributed by atoms with Crippen molar-refractivity contribution >= 4 is 17.9 Å². The number of aryl methyl sites for hydroxylation is 2. The Bertz CT molecular complexity index is 1160. The van der Waals surface area contributed by atoms with Crippen LogP contribution < -0.4 is 9.47 Å². The van der Waals surface area contributed by atoms with E-state index in [0.29, 0.717) is 43.8 Å². The van der Waals surface area contributed by atoms with Gasteiger partial charge in [0.1, 0.15) is 11.5 Å². The Balaban J connectivity index is 1.23. The van der Waals surface area contributed by atoms with Crippen molar-refractivity contribution in [2.75, 3.05) is 6.61 Å². The van der Waals surface area contributed by atoms with Crippen molar-refractivity contribution in [2.45, 2.75) is 129 Å². The predicted octanol–water partition coefficient (Wildman–Crippen LogP) is 9.91. The molecule has 0 unspecified atom stereocenters. The van der Waals surface area contributed by atoms with Crippen LogP contribution in [0.5, 0.6) is 11.5 Å². The van der Waals surface area contributed by atoms with Crippen LogP contribution in [-0.2, 0) is 32.0 Å². The lowest BCUT2D eigenvalue weighted by Crippen LogP contribution is -2.30. The van der Waals surface area contributed by atoms with Crippen LogP contribution in [0.4, 0.5) is 0 Å². The van der Waals surface area contributed by atoms with Gasteiger partial charge in [-0.1, -0.05) is 102 Å². The maximum atomic E-state index is 12.8. The SMILES string of the molecule is C=CC(=O)OCCCCCCCCCCCc1ccc(OC(=O)[C@H]2CC[C@H](C(=O)Oc3ccc(CCCCCC)cc3)CC2)cc1. The van der Waals surface area contributed by atoms with Gasteiger partial charge in [0, 0.05) is 6.08 Å². The monoisotopic (exact) mass is 632 g/mol. The average Bonchev–Trinajstić information content (AvgIpc) is 3.08. The molecule has 252 valence electrons. The highest BCUT2D eigenvalue weighted by Gasteiger charge is 2.32. The summed E-state index contributed by atoms with van der Waals surface area (Å²) in [5.41, 5.74) is 2.54. The molecule has 0 N–H and O–H groups in total. The van der Waals surface area contributed by atoms with E-state index in [0.717, 1.165) is 32.1 Å². The molecule has 2 aromatic carbocycles. The minimum atomic E-state index is -0.337. The maximum Gasteiger partial charge on any atom is 0.330 e. The molecule has 46 heavy (non-hydrogen) atoms. The summed E-state index contributed by atoms with van der Waals surface area (Å²) in [6.07, 6.45) is 21.4. The van der Waals surface area contributed by atoms with Crippen LogP contribution in [-0.4, -0.2) is 24.5 Å². The molecule has 3 rings (SSSR count). The van der Waals surface area contributed by atoms with Crippen molar-refractivity contribution in [3.63, 3.8) is 0 Å². The first-order valence-electron chi connectivity index (χ1n) is 17.9. The zero-order chi connectivity index (χ0) is 32.8. The summed E-state index contributed by atoms with van der Waals surface area (Å²) in [7, 11) is 0. The molecule has 1 aliphatic carbocycles. The molecule has 0 heterocycles. The van der Waals surface area contributed by atoms with Crippen molar-refractivity contribution in [3.8, 4) is 11.5 Å². The Morgan fingerprint density at radius 1 is 0.609 bits per heavy atom. The molecule has 1 aliphatic rings. The highest BCUT2D eigenvalue weighted by molar-refractivity contribution is 5.81. The highest BCUT2D eigenvalue weighted by Crippen LogP contribution is 2.31. The van der Waals surface area contributed by atoms with Gasteiger partial charge in [-0.3, -0.25) is 9.59 Å². The van der Waals surface area contributed by atoms with E-state index in [1.807, 2.05) is 24.3 Å². The number of ether oxygens (including phenoxy) is 3. The Kier molecular flexibility index (Phi) is 17.9. The lowest BCUT2D eigenvalue weighted by molar-refractivity contribution is -0.145. The number of rotatable bonds is 22. The number of unbranched alkanes of at least 4 members (excludes halogenated alkanes) is 11. The number of benzene rings is 2. The van der Waals surface area contributed by atoms with Crippen LogP contribution >= 0.6 is 0 Å². The Hall–Kier alpha value is -3.41. The van der Waals surface area contributed by atoms with Crippen molar-refractivity contribution in [1.29, 1.82) is 0 Å². The Morgan fingerprint density at radius 2 is 1.00 bits per heavy atom. The van der Waals surface area contributed by atoms with Gasteiger partial charge in [0.05, 0.1) is 18.4 Å². The average molecular weight is 633 g/mol. The lowest BCUT2D eigenvalue weighted by Gasteiger charge is -2.25. The third-order valence-corrected chi connectivity index (χ3v) is 9.02. The fourth-order valence-corrected chi connectivity index (χ4v) is 6.07. The van der Waals surface area contributed by atoms with Crippen LogP contribution in [0.3, 0.4) is 0 Å². The number of hydrogen-bond acceptors (Lipinski definition) is 6. The van der Waals surface area contributed by atoms with E-state index in [-0.39, 0.29) is 29.7 Å². The van der Waals surface area contributed by atoms with Gasteiger partial charge < -0.3 is 14.2 Å². The lowest BCUT2D eigenvalue weighted by atomic mass is 9.82. The smallest absolute Gasteiger partial charge is 0.330 e. The van der Waals surface area contributed by atoms with E-state index >= 15 is 0 Å². The summed E-state index contributed by atoms with van der Waals surface area (Å²) >= 11 is 0. The summed E-state index contributed by atoms with van der Waals surface area (Å²) in [5, 5.41) is 0. The van der Waals surface area contributed by atoms with Gasteiger partial charge in [-0.2, -0.15) is 0 Å². The van der Waals surface area contributed by atoms with Crippen LogP contribution in [0.15, 0.2) is 61.2 Å². The molecule has 0 bridgehead atoms. The third-order valence-electron chi connectivity index (χ3n) is 9.02. The predicted molar refractivity (Wildman–Crippen MR) is 184 cm³/mol. The Morgan fingerprint density at radius 3 is 1.41 bits per heavy atom. The van der Waals surface area contributed by atoms with Crippen LogP contribution in [0, 0.1) is 11.8 Å². The first-order valence-corrected chi connectivity index (χ1v) is 17.9. The molecule has 0 spiro atoms. The first-order chi connectivity index (χ1) is 22.5. The van der Waals surface area contributed by atoms with Gasteiger partial charge in [0.15, 0.2) is 0 Å².